The van der Waals surface area contributed by atoms with Gasteiger partial charge in [-0.25, -0.2) is 19.9 Å². The van der Waals surface area contributed by atoms with Gasteiger partial charge in [0.1, 0.15) is 20.9 Å². The lowest BCUT2D eigenvalue weighted by atomic mass is 9.98. The molecule has 0 saturated heterocycles. The predicted molar refractivity (Wildman–Crippen MR) is 100 cm³/mol. The molecule has 4 aromatic heterocycles. The van der Waals surface area contributed by atoms with Gasteiger partial charge in [-0.15, -0.1) is 0 Å². The zero-order valence-corrected chi connectivity index (χ0v) is 15.6. The fourth-order valence-corrected chi connectivity index (χ4v) is 3.70. The minimum absolute atomic E-state index is 0.0457. The lowest BCUT2D eigenvalue weighted by Gasteiger charge is -2.12. The molecule has 0 saturated carbocycles. The number of aromatic nitrogens is 4. The van der Waals surface area contributed by atoms with Crippen LogP contribution in [0.25, 0.3) is 21.6 Å². The molecular formula is C19H20N4OS. The molecule has 25 heavy (non-hydrogen) atoms. The molecule has 128 valence electrons. The standard InChI is InChI=1S/C19H20N4OS/c1-11(15-22-13-6-5-9-20-16(13)24-15)10-12-7-8-14-17(21-12)25-18(23-14)19(2,3)4/h5-9,11H,10H2,1-4H3. The Morgan fingerprint density at radius 2 is 1.92 bits per heavy atom. The Bertz CT molecular complexity index is 1010. The summed E-state index contributed by atoms with van der Waals surface area (Å²) in [5.74, 6) is 0.837. The average molecular weight is 352 g/mol. The van der Waals surface area contributed by atoms with Crippen LogP contribution in [0.1, 0.15) is 50.2 Å². The smallest absolute Gasteiger partial charge is 0.246 e. The van der Waals surface area contributed by atoms with Gasteiger partial charge in [0.25, 0.3) is 0 Å². The predicted octanol–water partition coefficient (Wildman–Crippen LogP) is 4.87. The van der Waals surface area contributed by atoms with E-state index in [1.165, 1.54) is 0 Å². The third kappa shape index (κ3) is 3.14. The van der Waals surface area contributed by atoms with E-state index < -0.39 is 0 Å². The number of rotatable bonds is 3. The monoisotopic (exact) mass is 352 g/mol. The molecule has 0 fully saturated rings. The van der Waals surface area contributed by atoms with Gasteiger partial charge in [-0.1, -0.05) is 39.0 Å². The summed E-state index contributed by atoms with van der Waals surface area (Å²) in [6, 6.07) is 7.89. The Morgan fingerprint density at radius 1 is 1.08 bits per heavy atom. The quantitative estimate of drug-likeness (QED) is 0.526. The third-order valence-electron chi connectivity index (χ3n) is 4.07. The van der Waals surface area contributed by atoms with Crippen molar-refractivity contribution < 1.29 is 4.42 Å². The highest BCUT2D eigenvalue weighted by Gasteiger charge is 2.20. The van der Waals surface area contributed by atoms with Gasteiger partial charge in [-0.05, 0) is 24.3 Å². The summed E-state index contributed by atoms with van der Waals surface area (Å²) in [6.07, 6.45) is 2.49. The van der Waals surface area contributed by atoms with Gasteiger partial charge in [0, 0.05) is 29.6 Å². The van der Waals surface area contributed by atoms with Crippen LogP contribution in [0.3, 0.4) is 0 Å². The Kier molecular flexibility index (Phi) is 3.80. The number of fused-ring (bicyclic) bond motifs is 2. The van der Waals surface area contributed by atoms with Crippen LogP contribution in [0.15, 0.2) is 34.9 Å². The van der Waals surface area contributed by atoms with E-state index >= 15 is 0 Å². The second-order valence-corrected chi connectivity index (χ2v) is 8.36. The SMILES string of the molecule is CC(Cc1ccc2nc(C(C)(C)C)sc2n1)c1nc2cccnc2o1. The van der Waals surface area contributed by atoms with Crippen molar-refractivity contribution in [2.24, 2.45) is 0 Å². The molecule has 0 aliphatic heterocycles. The molecule has 6 heteroatoms. The molecule has 1 unspecified atom stereocenters. The third-order valence-corrected chi connectivity index (χ3v) is 5.47. The fraction of sp³-hybridized carbons (Fsp3) is 0.368. The summed E-state index contributed by atoms with van der Waals surface area (Å²) in [5.41, 5.74) is 3.43. The normalized spacial score (nSPS) is 13.6. The second-order valence-electron chi connectivity index (χ2n) is 7.38. The van der Waals surface area contributed by atoms with E-state index in [0.29, 0.717) is 11.6 Å². The highest BCUT2D eigenvalue weighted by Crippen LogP contribution is 2.31. The Morgan fingerprint density at radius 3 is 2.68 bits per heavy atom. The highest BCUT2D eigenvalue weighted by atomic mass is 32.1. The van der Waals surface area contributed by atoms with E-state index in [-0.39, 0.29) is 11.3 Å². The van der Waals surface area contributed by atoms with Crippen molar-refractivity contribution in [1.82, 2.24) is 19.9 Å². The zero-order valence-electron chi connectivity index (χ0n) is 14.8. The first kappa shape index (κ1) is 16.1. The van der Waals surface area contributed by atoms with Crippen LogP contribution in [0.4, 0.5) is 0 Å². The van der Waals surface area contributed by atoms with Gasteiger partial charge in [-0.3, -0.25) is 0 Å². The van der Waals surface area contributed by atoms with Crippen molar-refractivity contribution in [2.75, 3.05) is 0 Å². The largest absolute Gasteiger partial charge is 0.422 e. The van der Waals surface area contributed by atoms with Crippen LogP contribution in [-0.4, -0.2) is 19.9 Å². The number of nitrogens with zero attached hydrogens (tertiary/aromatic N) is 4. The molecular weight excluding hydrogens is 332 g/mol. The molecule has 0 radical (unpaired) electrons. The number of hydrogen-bond acceptors (Lipinski definition) is 6. The van der Waals surface area contributed by atoms with Crippen molar-refractivity contribution in [3.05, 3.63) is 47.1 Å². The van der Waals surface area contributed by atoms with Gasteiger partial charge in [0.05, 0.1) is 0 Å². The first-order valence-corrected chi connectivity index (χ1v) is 9.20. The summed E-state index contributed by atoms with van der Waals surface area (Å²) in [4.78, 5) is 19.2. The van der Waals surface area contributed by atoms with E-state index in [0.717, 1.165) is 33.0 Å². The molecule has 0 aromatic carbocycles. The van der Waals surface area contributed by atoms with Crippen molar-refractivity contribution in [3.63, 3.8) is 0 Å². The van der Waals surface area contributed by atoms with Gasteiger partial charge in [0.15, 0.2) is 0 Å². The van der Waals surface area contributed by atoms with Crippen LogP contribution in [0, 0.1) is 0 Å². The number of pyridine rings is 2. The maximum absolute atomic E-state index is 5.78. The Labute approximate surface area is 150 Å². The molecule has 0 bridgehead atoms. The van der Waals surface area contributed by atoms with Crippen LogP contribution in [0.2, 0.25) is 0 Å². The molecule has 0 N–H and O–H groups in total. The van der Waals surface area contributed by atoms with Crippen molar-refractivity contribution in [3.8, 4) is 0 Å². The minimum Gasteiger partial charge on any atom is -0.422 e. The molecule has 0 amide bonds. The maximum atomic E-state index is 5.78. The number of hydrogen-bond donors (Lipinski definition) is 0. The summed E-state index contributed by atoms with van der Waals surface area (Å²) in [5, 5.41) is 1.12. The first-order chi connectivity index (χ1) is 11.9. The molecule has 0 spiro atoms. The molecule has 0 aliphatic rings. The lowest BCUT2D eigenvalue weighted by molar-refractivity contribution is 0.477. The van der Waals surface area contributed by atoms with Gasteiger partial charge >= 0.3 is 0 Å². The van der Waals surface area contributed by atoms with Gasteiger partial charge < -0.3 is 4.42 Å². The maximum Gasteiger partial charge on any atom is 0.246 e. The summed E-state index contributed by atoms with van der Waals surface area (Å²) in [6.45, 7) is 8.63. The highest BCUT2D eigenvalue weighted by molar-refractivity contribution is 7.18. The van der Waals surface area contributed by atoms with E-state index in [9.17, 15) is 0 Å². The van der Waals surface area contributed by atoms with Crippen LogP contribution < -0.4 is 0 Å². The second kappa shape index (κ2) is 5.88. The molecule has 4 aromatic rings. The molecule has 4 rings (SSSR count). The van der Waals surface area contributed by atoms with Crippen LogP contribution in [0.5, 0.6) is 0 Å². The van der Waals surface area contributed by atoms with Crippen LogP contribution >= 0.6 is 11.3 Å². The average Bonchev–Trinajstić information content (AvgIpc) is 3.18. The van der Waals surface area contributed by atoms with Crippen LogP contribution in [-0.2, 0) is 11.8 Å². The molecule has 1 atom stereocenters. The molecule has 0 aliphatic carbocycles. The van der Waals surface area contributed by atoms with Gasteiger partial charge in [-0.2, -0.15) is 0 Å². The van der Waals surface area contributed by atoms with Gasteiger partial charge in [0.2, 0.25) is 11.6 Å². The molecule has 5 nitrogen and oxygen atoms in total. The van der Waals surface area contributed by atoms with E-state index in [4.69, 9.17) is 14.4 Å². The summed E-state index contributed by atoms with van der Waals surface area (Å²) >= 11 is 1.67. The zero-order chi connectivity index (χ0) is 17.6. The molecule has 4 heterocycles. The summed E-state index contributed by atoms with van der Waals surface area (Å²) < 4.78 is 5.78. The lowest BCUT2D eigenvalue weighted by Crippen LogP contribution is -2.09. The fourth-order valence-electron chi connectivity index (χ4n) is 2.69. The minimum atomic E-state index is 0.0457. The first-order valence-electron chi connectivity index (χ1n) is 8.38. The van der Waals surface area contributed by atoms with E-state index in [2.05, 4.69) is 43.7 Å². The Balaban J connectivity index is 1.61. The Hall–Kier alpha value is -2.34. The number of thiazole rings is 1. The van der Waals surface area contributed by atoms with Crippen molar-refractivity contribution in [2.45, 2.75) is 45.4 Å². The summed E-state index contributed by atoms with van der Waals surface area (Å²) in [7, 11) is 0. The van der Waals surface area contributed by atoms with Crippen molar-refractivity contribution in [1.29, 1.82) is 0 Å². The van der Waals surface area contributed by atoms with Crippen molar-refractivity contribution >= 4 is 32.9 Å². The van der Waals surface area contributed by atoms with E-state index in [1.807, 2.05) is 18.2 Å². The van der Waals surface area contributed by atoms with E-state index in [1.54, 1.807) is 17.5 Å². The topological polar surface area (TPSA) is 64.7 Å². The number of oxazole rings is 1.